The average Bonchev–Trinajstić information content (AvgIpc) is 3.11. The van der Waals surface area contributed by atoms with Crippen LogP contribution in [0.4, 0.5) is 0 Å². The zero-order valence-corrected chi connectivity index (χ0v) is 14.2. The van der Waals surface area contributed by atoms with Crippen molar-refractivity contribution in [3.63, 3.8) is 0 Å². The number of hydrazone groups is 1. The number of aromatic nitrogens is 1. The van der Waals surface area contributed by atoms with Crippen molar-refractivity contribution in [1.82, 2.24) is 10.4 Å². The minimum Gasteiger partial charge on any atom is -0.350 e. The Morgan fingerprint density at radius 2 is 2.09 bits per heavy atom. The lowest BCUT2D eigenvalue weighted by Crippen LogP contribution is -2.19. The van der Waals surface area contributed by atoms with Gasteiger partial charge in [-0.05, 0) is 41.5 Å². The van der Waals surface area contributed by atoms with Crippen molar-refractivity contribution in [3.8, 4) is 0 Å². The maximum Gasteiger partial charge on any atom is 0.288 e. The largest absolute Gasteiger partial charge is 0.350 e. The Balaban J connectivity index is 1.87. The highest BCUT2D eigenvalue weighted by molar-refractivity contribution is 7.11. The van der Waals surface area contributed by atoms with Gasteiger partial charge in [-0.2, -0.15) is 5.10 Å². The molecule has 0 fully saturated rings. The van der Waals surface area contributed by atoms with Gasteiger partial charge in [0, 0.05) is 15.8 Å². The molecule has 0 unspecified atom stereocenters. The number of amides is 1. The third-order valence-electron chi connectivity index (χ3n) is 3.80. The Bertz CT molecular complexity index is 873. The predicted octanol–water partition coefficient (Wildman–Crippen LogP) is 4.43. The fourth-order valence-corrected chi connectivity index (χ4v) is 3.45. The molecule has 118 valence electrons. The smallest absolute Gasteiger partial charge is 0.288 e. The van der Waals surface area contributed by atoms with E-state index in [2.05, 4.69) is 29.4 Å². The summed E-state index contributed by atoms with van der Waals surface area (Å²) in [5, 5.41) is 7.18. The molecule has 0 spiro atoms. The molecule has 0 radical (unpaired) electrons. The molecule has 0 saturated carbocycles. The number of aromatic amines is 1. The number of rotatable bonds is 4. The van der Waals surface area contributed by atoms with Crippen LogP contribution in [0, 0.1) is 6.92 Å². The van der Waals surface area contributed by atoms with Gasteiger partial charge in [-0.15, -0.1) is 11.3 Å². The fraction of sp³-hybridized carbons (Fsp3) is 0.222. The Hall–Kier alpha value is -2.40. The molecular weight excluding hydrogens is 306 g/mol. The number of benzene rings is 1. The van der Waals surface area contributed by atoms with E-state index in [-0.39, 0.29) is 11.8 Å². The number of thiophene rings is 1. The van der Waals surface area contributed by atoms with E-state index in [0.29, 0.717) is 5.69 Å². The van der Waals surface area contributed by atoms with Gasteiger partial charge in [0.15, 0.2) is 0 Å². The van der Waals surface area contributed by atoms with Crippen molar-refractivity contribution in [2.75, 3.05) is 0 Å². The Morgan fingerprint density at radius 3 is 2.78 bits per heavy atom. The van der Waals surface area contributed by atoms with Crippen LogP contribution in [0.1, 0.15) is 46.3 Å². The lowest BCUT2D eigenvalue weighted by atomic mass is 9.99. The molecule has 4 nitrogen and oxygen atoms in total. The van der Waals surface area contributed by atoms with Crippen LogP contribution in [0.15, 0.2) is 40.8 Å². The van der Waals surface area contributed by atoms with Gasteiger partial charge >= 0.3 is 0 Å². The highest BCUT2D eigenvalue weighted by Gasteiger charge is 2.19. The van der Waals surface area contributed by atoms with Gasteiger partial charge in [0.1, 0.15) is 5.69 Å². The van der Waals surface area contributed by atoms with E-state index in [1.54, 1.807) is 17.6 Å². The number of aryl methyl sites for hydroxylation is 1. The number of carbonyl (C=O) groups excluding carboxylic acids is 1. The lowest BCUT2D eigenvalue weighted by molar-refractivity contribution is 0.0949. The van der Waals surface area contributed by atoms with Gasteiger partial charge in [-0.1, -0.05) is 32.0 Å². The van der Waals surface area contributed by atoms with Crippen LogP contribution in [0.5, 0.6) is 0 Å². The van der Waals surface area contributed by atoms with Gasteiger partial charge in [-0.25, -0.2) is 5.43 Å². The van der Waals surface area contributed by atoms with Crippen molar-refractivity contribution in [2.24, 2.45) is 5.10 Å². The lowest BCUT2D eigenvalue weighted by Gasteiger charge is -2.06. The third kappa shape index (κ3) is 3.05. The monoisotopic (exact) mass is 325 g/mol. The van der Waals surface area contributed by atoms with E-state index in [9.17, 15) is 4.79 Å². The molecule has 2 aromatic heterocycles. The Labute approximate surface area is 139 Å². The number of hydrogen-bond donors (Lipinski definition) is 2. The molecule has 23 heavy (non-hydrogen) atoms. The number of H-pyrrole nitrogens is 1. The second-order valence-electron chi connectivity index (χ2n) is 5.78. The number of nitrogens with one attached hydrogen (secondary N) is 2. The molecule has 3 rings (SSSR count). The minimum atomic E-state index is -0.213. The summed E-state index contributed by atoms with van der Waals surface area (Å²) in [4.78, 5) is 16.8. The van der Waals surface area contributed by atoms with Crippen LogP contribution in [0.25, 0.3) is 10.9 Å². The molecule has 1 aromatic carbocycles. The SMILES string of the molecule is Cc1ccsc1C=NNC(=O)c1[nH]c2ccccc2c1C(C)C. The van der Waals surface area contributed by atoms with Gasteiger partial charge in [0.2, 0.25) is 0 Å². The molecule has 3 aromatic rings. The summed E-state index contributed by atoms with van der Waals surface area (Å²) in [6.07, 6.45) is 1.69. The van der Waals surface area contributed by atoms with E-state index >= 15 is 0 Å². The summed E-state index contributed by atoms with van der Waals surface area (Å²) in [5.41, 5.74) is 6.37. The van der Waals surface area contributed by atoms with Gasteiger partial charge in [0.25, 0.3) is 5.91 Å². The summed E-state index contributed by atoms with van der Waals surface area (Å²) in [7, 11) is 0. The fourth-order valence-electron chi connectivity index (χ4n) is 2.66. The first-order chi connectivity index (χ1) is 11.1. The molecule has 5 heteroatoms. The van der Waals surface area contributed by atoms with Gasteiger partial charge in [0.05, 0.1) is 6.21 Å². The summed E-state index contributed by atoms with van der Waals surface area (Å²) in [6, 6.07) is 10.00. The van der Waals surface area contributed by atoms with E-state index in [0.717, 1.165) is 26.9 Å². The molecule has 2 N–H and O–H groups in total. The average molecular weight is 325 g/mol. The molecule has 0 aliphatic heterocycles. The highest BCUT2D eigenvalue weighted by atomic mass is 32.1. The summed E-state index contributed by atoms with van der Waals surface area (Å²) in [5.74, 6) is 0.0331. The Morgan fingerprint density at radius 1 is 1.30 bits per heavy atom. The minimum absolute atomic E-state index is 0.213. The van der Waals surface area contributed by atoms with Crippen molar-refractivity contribution in [3.05, 3.63) is 57.4 Å². The van der Waals surface area contributed by atoms with E-state index < -0.39 is 0 Å². The maximum absolute atomic E-state index is 12.5. The quantitative estimate of drug-likeness (QED) is 0.541. The number of para-hydroxylation sites is 1. The first-order valence-corrected chi connectivity index (χ1v) is 8.44. The van der Waals surface area contributed by atoms with Gasteiger partial charge < -0.3 is 4.98 Å². The topological polar surface area (TPSA) is 57.2 Å². The molecule has 0 saturated heterocycles. The molecule has 0 aliphatic rings. The zero-order chi connectivity index (χ0) is 16.4. The zero-order valence-electron chi connectivity index (χ0n) is 13.4. The van der Waals surface area contributed by atoms with Crippen LogP contribution in [0.2, 0.25) is 0 Å². The third-order valence-corrected chi connectivity index (χ3v) is 4.75. The molecule has 0 atom stereocenters. The van der Waals surface area contributed by atoms with Crippen LogP contribution in [-0.2, 0) is 0 Å². The first-order valence-electron chi connectivity index (χ1n) is 7.56. The van der Waals surface area contributed by atoms with Crippen molar-refractivity contribution < 1.29 is 4.79 Å². The highest BCUT2D eigenvalue weighted by Crippen LogP contribution is 2.29. The maximum atomic E-state index is 12.5. The van der Waals surface area contributed by atoms with Crippen LogP contribution in [-0.4, -0.2) is 17.1 Å². The molecule has 0 aliphatic carbocycles. The van der Waals surface area contributed by atoms with E-state index in [4.69, 9.17) is 0 Å². The normalized spacial score (nSPS) is 11.7. The molecule has 0 bridgehead atoms. The number of fused-ring (bicyclic) bond motifs is 1. The van der Waals surface area contributed by atoms with E-state index in [1.807, 2.05) is 42.6 Å². The predicted molar refractivity (Wildman–Crippen MR) is 96.5 cm³/mol. The van der Waals surface area contributed by atoms with E-state index in [1.165, 1.54) is 0 Å². The summed E-state index contributed by atoms with van der Waals surface area (Å²) in [6.45, 7) is 6.20. The summed E-state index contributed by atoms with van der Waals surface area (Å²) >= 11 is 1.60. The van der Waals surface area contributed by atoms with Crippen molar-refractivity contribution >= 4 is 34.4 Å². The number of carbonyl (C=O) groups is 1. The molecular formula is C18H19N3OS. The van der Waals surface area contributed by atoms with Crippen LogP contribution < -0.4 is 5.43 Å². The first kappa shape index (κ1) is 15.5. The number of hydrogen-bond acceptors (Lipinski definition) is 3. The van der Waals surface area contributed by atoms with Crippen LogP contribution in [0.3, 0.4) is 0 Å². The molecule has 1 amide bonds. The van der Waals surface area contributed by atoms with Gasteiger partial charge in [-0.3, -0.25) is 4.79 Å². The second kappa shape index (κ2) is 6.38. The molecule has 2 heterocycles. The van der Waals surface area contributed by atoms with Crippen LogP contribution >= 0.6 is 11.3 Å². The standard InChI is InChI=1S/C18H19N3OS/c1-11(2)16-13-6-4-5-7-14(13)20-17(16)18(22)21-19-10-15-12(3)8-9-23-15/h4-11,20H,1-3H3,(H,21,22). The van der Waals surface area contributed by atoms with Crippen molar-refractivity contribution in [2.45, 2.75) is 26.7 Å². The summed E-state index contributed by atoms with van der Waals surface area (Å²) < 4.78 is 0. The second-order valence-corrected chi connectivity index (χ2v) is 6.73. The Kier molecular flexibility index (Phi) is 4.30. The van der Waals surface area contributed by atoms with Crippen molar-refractivity contribution in [1.29, 1.82) is 0 Å². The number of nitrogens with zero attached hydrogens (tertiary/aromatic N) is 1.